The van der Waals surface area contributed by atoms with Crippen molar-refractivity contribution >= 4 is 5.96 Å². The molecule has 0 saturated carbocycles. The van der Waals surface area contributed by atoms with Gasteiger partial charge in [0.05, 0.1) is 17.9 Å². The van der Waals surface area contributed by atoms with Gasteiger partial charge in [-0.25, -0.2) is 9.07 Å². The molecule has 2 aromatic rings. The highest BCUT2D eigenvalue weighted by atomic mass is 19.1. The number of nitrogens with one attached hydrogen (secondary N) is 2. The Kier molecular flexibility index (Phi) is 6.18. The van der Waals surface area contributed by atoms with Crippen molar-refractivity contribution in [2.75, 3.05) is 19.6 Å². The Labute approximate surface area is 135 Å². The van der Waals surface area contributed by atoms with Crippen LogP contribution in [0, 0.1) is 18.2 Å². The standard InChI is InChI=1S/C17H20FN5/c1-3-11-20-17(19-4-2)21-12-9-15-10-13-23(22-15)16-7-5-14(18)6-8-16/h1,5-8,10,13H,4,9,11-12H2,2H3,(H2,19,20,21). The van der Waals surface area contributed by atoms with Gasteiger partial charge in [0, 0.05) is 25.7 Å². The summed E-state index contributed by atoms with van der Waals surface area (Å²) in [6, 6.07) is 8.15. The van der Waals surface area contributed by atoms with Crippen LogP contribution in [0.25, 0.3) is 5.69 Å². The lowest BCUT2D eigenvalue weighted by Gasteiger charge is -2.08. The second-order valence-corrected chi connectivity index (χ2v) is 4.80. The van der Waals surface area contributed by atoms with E-state index in [-0.39, 0.29) is 5.82 Å². The van der Waals surface area contributed by atoms with E-state index in [0.29, 0.717) is 25.5 Å². The summed E-state index contributed by atoms with van der Waals surface area (Å²) in [4.78, 5) is 4.44. The second kappa shape index (κ2) is 8.59. The average Bonchev–Trinajstić information content (AvgIpc) is 3.02. The van der Waals surface area contributed by atoms with Crippen molar-refractivity contribution in [2.24, 2.45) is 4.99 Å². The van der Waals surface area contributed by atoms with Crippen LogP contribution >= 0.6 is 0 Å². The first-order chi connectivity index (χ1) is 11.2. The maximum atomic E-state index is 12.9. The summed E-state index contributed by atoms with van der Waals surface area (Å²) in [6.45, 7) is 3.80. The van der Waals surface area contributed by atoms with E-state index >= 15 is 0 Å². The van der Waals surface area contributed by atoms with E-state index in [0.717, 1.165) is 17.9 Å². The number of aromatic nitrogens is 2. The summed E-state index contributed by atoms with van der Waals surface area (Å²) in [5.41, 5.74) is 1.75. The van der Waals surface area contributed by atoms with Crippen molar-refractivity contribution in [3.05, 3.63) is 48.0 Å². The third-order valence-electron chi connectivity index (χ3n) is 3.08. The molecule has 0 aliphatic rings. The second-order valence-electron chi connectivity index (χ2n) is 4.80. The van der Waals surface area contributed by atoms with E-state index in [2.05, 4.69) is 26.6 Å². The number of nitrogens with zero attached hydrogens (tertiary/aromatic N) is 3. The molecule has 0 aliphatic heterocycles. The van der Waals surface area contributed by atoms with Crippen LogP contribution in [-0.2, 0) is 6.42 Å². The van der Waals surface area contributed by atoms with Gasteiger partial charge in [0.15, 0.2) is 5.96 Å². The number of hydrogen-bond donors (Lipinski definition) is 2. The van der Waals surface area contributed by atoms with Crippen LogP contribution in [0.3, 0.4) is 0 Å². The fourth-order valence-corrected chi connectivity index (χ4v) is 1.99. The highest BCUT2D eigenvalue weighted by Crippen LogP contribution is 2.09. The highest BCUT2D eigenvalue weighted by molar-refractivity contribution is 5.79. The molecule has 0 unspecified atom stereocenters. The zero-order valence-corrected chi connectivity index (χ0v) is 13.1. The number of benzene rings is 1. The Bertz CT molecular complexity index is 682. The van der Waals surface area contributed by atoms with E-state index in [9.17, 15) is 4.39 Å². The van der Waals surface area contributed by atoms with Crippen molar-refractivity contribution in [2.45, 2.75) is 13.3 Å². The molecule has 0 bridgehead atoms. The van der Waals surface area contributed by atoms with E-state index in [1.54, 1.807) is 16.8 Å². The van der Waals surface area contributed by atoms with E-state index in [1.165, 1.54) is 12.1 Å². The molecule has 0 amide bonds. The summed E-state index contributed by atoms with van der Waals surface area (Å²) in [6.07, 6.45) is 7.79. The van der Waals surface area contributed by atoms with Crippen molar-refractivity contribution < 1.29 is 4.39 Å². The summed E-state index contributed by atoms with van der Waals surface area (Å²) >= 11 is 0. The van der Waals surface area contributed by atoms with E-state index < -0.39 is 0 Å². The van der Waals surface area contributed by atoms with Crippen LogP contribution < -0.4 is 10.6 Å². The topological polar surface area (TPSA) is 54.2 Å². The molecule has 120 valence electrons. The molecule has 1 heterocycles. The Morgan fingerprint density at radius 1 is 1.30 bits per heavy atom. The SMILES string of the molecule is C#CCNC(=NCCc1ccn(-c2ccc(F)cc2)n1)NCC. The molecule has 6 heteroatoms. The van der Waals surface area contributed by atoms with Crippen LogP contribution in [0.1, 0.15) is 12.6 Å². The molecule has 1 aromatic heterocycles. The molecule has 0 fully saturated rings. The van der Waals surface area contributed by atoms with Crippen LogP contribution in [-0.4, -0.2) is 35.4 Å². The van der Waals surface area contributed by atoms with Gasteiger partial charge in [-0.3, -0.25) is 4.99 Å². The first kappa shape index (κ1) is 16.6. The van der Waals surface area contributed by atoms with Gasteiger partial charge >= 0.3 is 0 Å². The Balaban J connectivity index is 1.93. The molecule has 0 aliphatic carbocycles. The summed E-state index contributed by atoms with van der Waals surface area (Å²) in [5.74, 6) is 2.96. The van der Waals surface area contributed by atoms with Crippen molar-refractivity contribution in [3.63, 3.8) is 0 Å². The molecular weight excluding hydrogens is 293 g/mol. The van der Waals surface area contributed by atoms with Gasteiger partial charge in [-0.1, -0.05) is 5.92 Å². The fourth-order valence-electron chi connectivity index (χ4n) is 1.99. The van der Waals surface area contributed by atoms with Gasteiger partial charge < -0.3 is 10.6 Å². The van der Waals surface area contributed by atoms with Crippen molar-refractivity contribution in [1.82, 2.24) is 20.4 Å². The average molecular weight is 313 g/mol. The zero-order valence-electron chi connectivity index (χ0n) is 13.1. The Morgan fingerprint density at radius 2 is 2.09 bits per heavy atom. The lowest BCUT2D eigenvalue weighted by atomic mass is 10.3. The largest absolute Gasteiger partial charge is 0.357 e. The number of guanidine groups is 1. The van der Waals surface area contributed by atoms with E-state index in [1.807, 2.05) is 19.2 Å². The lowest BCUT2D eigenvalue weighted by Crippen LogP contribution is -2.37. The zero-order chi connectivity index (χ0) is 16.5. The van der Waals surface area contributed by atoms with Gasteiger partial charge in [0.1, 0.15) is 5.82 Å². The maximum absolute atomic E-state index is 12.9. The van der Waals surface area contributed by atoms with Gasteiger partial charge in [0.2, 0.25) is 0 Å². The molecule has 23 heavy (non-hydrogen) atoms. The Hall–Kier alpha value is -2.81. The Morgan fingerprint density at radius 3 is 2.78 bits per heavy atom. The normalized spacial score (nSPS) is 11.1. The van der Waals surface area contributed by atoms with Crippen LogP contribution in [0.2, 0.25) is 0 Å². The number of terminal acetylenes is 1. The molecule has 2 rings (SSSR count). The predicted molar refractivity (Wildman–Crippen MR) is 90.0 cm³/mol. The molecular formula is C17H20FN5. The molecule has 2 N–H and O–H groups in total. The molecule has 1 aromatic carbocycles. The molecule has 5 nitrogen and oxygen atoms in total. The number of hydrogen-bond acceptors (Lipinski definition) is 2. The molecule has 0 atom stereocenters. The number of aliphatic imine (C=N–C) groups is 1. The van der Waals surface area contributed by atoms with Gasteiger partial charge in [-0.2, -0.15) is 5.10 Å². The highest BCUT2D eigenvalue weighted by Gasteiger charge is 2.02. The minimum Gasteiger partial charge on any atom is -0.357 e. The van der Waals surface area contributed by atoms with Crippen LogP contribution in [0.4, 0.5) is 4.39 Å². The first-order valence-electron chi connectivity index (χ1n) is 7.49. The van der Waals surface area contributed by atoms with Crippen LogP contribution in [0.15, 0.2) is 41.5 Å². The van der Waals surface area contributed by atoms with Crippen molar-refractivity contribution in [3.8, 4) is 18.0 Å². The third-order valence-corrected chi connectivity index (χ3v) is 3.08. The van der Waals surface area contributed by atoms with Gasteiger partial charge in [0.25, 0.3) is 0 Å². The smallest absolute Gasteiger partial charge is 0.192 e. The molecule has 0 spiro atoms. The van der Waals surface area contributed by atoms with E-state index in [4.69, 9.17) is 6.42 Å². The maximum Gasteiger partial charge on any atom is 0.192 e. The monoisotopic (exact) mass is 313 g/mol. The predicted octanol–water partition coefficient (Wildman–Crippen LogP) is 1.74. The quantitative estimate of drug-likeness (QED) is 0.485. The molecule has 0 radical (unpaired) electrons. The fraction of sp³-hybridized carbons (Fsp3) is 0.294. The summed E-state index contributed by atoms with van der Waals surface area (Å²) in [5, 5.41) is 10.6. The van der Waals surface area contributed by atoms with Crippen molar-refractivity contribution in [1.29, 1.82) is 0 Å². The third kappa shape index (κ3) is 5.15. The lowest BCUT2D eigenvalue weighted by molar-refractivity contribution is 0.627. The minimum atomic E-state index is -0.258. The summed E-state index contributed by atoms with van der Waals surface area (Å²) < 4.78 is 14.7. The minimum absolute atomic E-state index is 0.258. The number of rotatable bonds is 6. The van der Waals surface area contributed by atoms with Gasteiger partial charge in [-0.15, -0.1) is 6.42 Å². The van der Waals surface area contributed by atoms with Crippen LogP contribution in [0.5, 0.6) is 0 Å². The molecule has 0 saturated heterocycles. The number of halogens is 1. The first-order valence-corrected chi connectivity index (χ1v) is 7.49. The summed E-state index contributed by atoms with van der Waals surface area (Å²) in [7, 11) is 0. The van der Waals surface area contributed by atoms with Gasteiger partial charge in [-0.05, 0) is 37.3 Å².